The Morgan fingerprint density at radius 1 is 1.30 bits per heavy atom. The van der Waals surface area contributed by atoms with Gasteiger partial charge in [0.1, 0.15) is 5.75 Å². The van der Waals surface area contributed by atoms with Crippen molar-refractivity contribution in [2.24, 2.45) is 11.8 Å². The fourth-order valence-electron chi connectivity index (χ4n) is 2.45. The predicted octanol–water partition coefficient (Wildman–Crippen LogP) is 0.537. The van der Waals surface area contributed by atoms with Gasteiger partial charge in [-0.25, -0.2) is 5.84 Å². The van der Waals surface area contributed by atoms with E-state index in [-0.39, 0.29) is 17.7 Å². The molecule has 0 aliphatic carbocycles. The third kappa shape index (κ3) is 2.91. The Kier molecular flexibility index (Phi) is 4.57. The number of nitrogens with two attached hydrogens (primary N) is 1. The number of hydrazine groups is 1. The number of carbonyl (C=O) groups is 2. The molecule has 1 heterocycles. The van der Waals surface area contributed by atoms with Crippen LogP contribution in [0, 0.1) is 5.92 Å². The summed E-state index contributed by atoms with van der Waals surface area (Å²) in [5.41, 5.74) is 2.72. The summed E-state index contributed by atoms with van der Waals surface area (Å²) in [6.07, 6.45) is 1.26. The summed E-state index contributed by atoms with van der Waals surface area (Å²) in [7, 11) is 1.55. The van der Waals surface area contributed by atoms with Crippen molar-refractivity contribution < 1.29 is 14.3 Å². The Labute approximate surface area is 117 Å². The summed E-state index contributed by atoms with van der Waals surface area (Å²) in [5.74, 6) is 5.37. The largest absolute Gasteiger partial charge is 0.496 e. The number of hydrogen-bond acceptors (Lipinski definition) is 4. The fraction of sp³-hybridized carbons (Fsp3) is 0.429. The minimum atomic E-state index is -0.158. The zero-order valence-corrected chi connectivity index (χ0v) is 11.5. The van der Waals surface area contributed by atoms with Crippen molar-refractivity contribution in [1.82, 2.24) is 10.3 Å². The molecule has 0 spiro atoms. The second-order valence-corrected chi connectivity index (χ2v) is 4.78. The monoisotopic (exact) mass is 277 g/mol. The van der Waals surface area contributed by atoms with Crippen molar-refractivity contribution in [3.63, 3.8) is 0 Å². The first-order valence-corrected chi connectivity index (χ1v) is 6.60. The number of para-hydroxylation sites is 1. The van der Waals surface area contributed by atoms with E-state index in [9.17, 15) is 9.59 Å². The van der Waals surface area contributed by atoms with E-state index in [1.165, 1.54) is 0 Å². The lowest BCUT2D eigenvalue weighted by atomic mass is 9.95. The van der Waals surface area contributed by atoms with Gasteiger partial charge in [0.05, 0.1) is 12.7 Å². The molecule has 1 fully saturated rings. The van der Waals surface area contributed by atoms with Crippen LogP contribution in [0.2, 0.25) is 0 Å². The summed E-state index contributed by atoms with van der Waals surface area (Å²) in [6, 6.07) is 7.15. The Hall–Kier alpha value is -2.08. The summed E-state index contributed by atoms with van der Waals surface area (Å²) >= 11 is 0. The van der Waals surface area contributed by atoms with Gasteiger partial charge < -0.3 is 9.64 Å². The number of likely N-dealkylation sites (tertiary alicyclic amines) is 1. The number of methoxy groups -OCH3 is 1. The second kappa shape index (κ2) is 6.38. The number of rotatable bonds is 3. The standard InChI is InChI=1S/C14H19N3O3/c1-20-12-5-3-2-4-11(12)14(19)17-8-6-10(7-9-17)13(18)16-15/h2-5,10H,6-9,15H2,1H3,(H,16,18). The van der Waals surface area contributed by atoms with Crippen LogP contribution in [0.1, 0.15) is 23.2 Å². The summed E-state index contributed by atoms with van der Waals surface area (Å²) in [4.78, 5) is 25.6. The van der Waals surface area contributed by atoms with Crippen molar-refractivity contribution >= 4 is 11.8 Å². The first kappa shape index (κ1) is 14.3. The molecule has 1 aliphatic heterocycles. The molecule has 20 heavy (non-hydrogen) atoms. The van der Waals surface area contributed by atoms with E-state index < -0.39 is 0 Å². The van der Waals surface area contributed by atoms with Gasteiger partial charge in [0.15, 0.2) is 0 Å². The van der Waals surface area contributed by atoms with E-state index in [1.807, 2.05) is 12.1 Å². The third-order valence-corrected chi connectivity index (χ3v) is 3.63. The zero-order valence-electron chi connectivity index (χ0n) is 11.5. The molecule has 0 radical (unpaired) electrons. The molecule has 1 aliphatic rings. The van der Waals surface area contributed by atoms with Gasteiger partial charge in [-0.15, -0.1) is 0 Å². The van der Waals surface area contributed by atoms with Gasteiger partial charge in [0, 0.05) is 19.0 Å². The number of nitrogens with one attached hydrogen (secondary N) is 1. The Bertz CT molecular complexity index is 496. The van der Waals surface area contributed by atoms with Gasteiger partial charge >= 0.3 is 0 Å². The van der Waals surface area contributed by atoms with E-state index in [4.69, 9.17) is 10.6 Å². The number of amides is 2. The maximum absolute atomic E-state index is 12.4. The third-order valence-electron chi connectivity index (χ3n) is 3.63. The summed E-state index contributed by atoms with van der Waals surface area (Å²) < 4.78 is 5.21. The molecule has 0 unspecified atom stereocenters. The van der Waals surface area contributed by atoms with Gasteiger partial charge in [0.2, 0.25) is 5.91 Å². The van der Waals surface area contributed by atoms with Gasteiger partial charge in [-0.1, -0.05) is 12.1 Å². The van der Waals surface area contributed by atoms with Gasteiger partial charge in [0.25, 0.3) is 5.91 Å². The molecule has 108 valence electrons. The smallest absolute Gasteiger partial charge is 0.257 e. The molecule has 6 nitrogen and oxygen atoms in total. The molecule has 0 aromatic heterocycles. The normalized spacial score (nSPS) is 15.8. The van der Waals surface area contributed by atoms with Crippen LogP contribution in [0.15, 0.2) is 24.3 Å². The Morgan fingerprint density at radius 3 is 2.55 bits per heavy atom. The molecule has 3 N–H and O–H groups in total. The average molecular weight is 277 g/mol. The van der Waals surface area contributed by atoms with Crippen LogP contribution in [0.5, 0.6) is 5.75 Å². The van der Waals surface area contributed by atoms with E-state index >= 15 is 0 Å². The summed E-state index contributed by atoms with van der Waals surface area (Å²) in [6.45, 7) is 1.10. The maximum atomic E-state index is 12.4. The van der Waals surface area contributed by atoms with Crippen molar-refractivity contribution in [2.75, 3.05) is 20.2 Å². The highest BCUT2D eigenvalue weighted by Gasteiger charge is 2.28. The highest BCUT2D eigenvalue weighted by atomic mass is 16.5. The highest BCUT2D eigenvalue weighted by Crippen LogP contribution is 2.23. The molecule has 1 aromatic rings. The molecular formula is C14H19N3O3. The van der Waals surface area contributed by atoms with Crippen LogP contribution in [0.25, 0.3) is 0 Å². The number of nitrogens with zero attached hydrogens (tertiary/aromatic N) is 1. The Morgan fingerprint density at radius 2 is 1.95 bits per heavy atom. The molecule has 1 aromatic carbocycles. The number of hydrogen-bond donors (Lipinski definition) is 2. The van der Waals surface area contributed by atoms with Crippen LogP contribution in [0.3, 0.4) is 0 Å². The maximum Gasteiger partial charge on any atom is 0.257 e. The van der Waals surface area contributed by atoms with Crippen LogP contribution < -0.4 is 16.0 Å². The second-order valence-electron chi connectivity index (χ2n) is 4.78. The number of carbonyl (C=O) groups excluding carboxylic acids is 2. The number of piperidine rings is 1. The number of ether oxygens (including phenoxy) is 1. The highest BCUT2D eigenvalue weighted by molar-refractivity contribution is 5.97. The zero-order chi connectivity index (χ0) is 14.5. The quantitative estimate of drug-likeness (QED) is 0.480. The number of benzene rings is 1. The minimum absolute atomic E-state index is 0.0611. The van der Waals surface area contributed by atoms with Gasteiger partial charge in [-0.05, 0) is 25.0 Å². The molecule has 0 atom stereocenters. The molecule has 2 rings (SSSR count). The van der Waals surface area contributed by atoms with Crippen molar-refractivity contribution in [2.45, 2.75) is 12.8 Å². The molecule has 2 amide bonds. The van der Waals surface area contributed by atoms with Gasteiger partial charge in [-0.2, -0.15) is 0 Å². The SMILES string of the molecule is COc1ccccc1C(=O)N1CCC(C(=O)NN)CC1. The lowest BCUT2D eigenvalue weighted by molar-refractivity contribution is -0.126. The topological polar surface area (TPSA) is 84.7 Å². The molecule has 1 saturated heterocycles. The van der Waals surface area contributed by atoms with Crippen LogP contribution >= 0.6 is 0 Å². The molecular weight excluding hydrogens is 258 g/mol. The van der Waals surface area contributed by atoms with Crippen LogP contribution in [0.4, 0.5) is 0 Å². The van der Waals surface area contributed by atoms with E-state index in [1.54, 1.807) is 24.1 Å². The van der Waals surface area contributed by atoms with E-state index in [0.29, 0.717) is 37.2 Å². The van der Waals surface area contributed by atoms with E-state index in [2.05, 4.69) is 5.43 Å². The lowest BCUT2D eigenvalue weighted by Crippen LogP contribution is -2.44. The Balaban J connectivity index is 2.03. The molecule has 0 saturated carbocycles. The first-order chi connectivity index (χ1) is 9.67. The fourth-order valence-corrected chi connectivity index (χ4v) is 2.45. The molecule has 6 heteroatoms. The van der Waals surface area contributed by atoms with Crippen molar-refractivity contribution in [3.8, 4) is 5.75 Å². The molecule has 0 bridgehead atoms. The first-order valence-electron chi connectivity index (χ1n) is 6.60. The average Bonchev–Trinajstić information content (AvgIpc) is 2.53. The van der Waals surface area contributed by atoms with E-state index in [0.717, 1.165) is 0 Å². The summed E-state index contributed by atoms with van der Waals surface area (Å²) in [5, 5.41) is 0. The van der Waals surface area contributed by atoms with Crippen molar-refractivity contribution in [1.29, 1.82) is 0 Å². The van der Waals surface area contributed by atoms with Crippen LogP contribution in [-0.4, -0.2) is 36.9 Å². The van der Waals surface area contributed by atoms with Crippen molar-refractivity contribution in [3.05, 3.63) is 29.8 Å². The van der Waals surface area contributed by atoms with Crippen LogP contribution in [-0.2, 0) is 4.79 Å². The van der Waals surface area contributed by atoms with Gasteiger partial charge in [-0.3, -0.25) is 15.0 Å². The lowest BCUT2D eigenvalue weighted by Gasteiger charge is -2.31. The predicted molar refractivity (Wildman–Crippen MR) is 74.0 cm³/mol. The minimum Gasteiger partial charge on any atom is -0.496 e.